The number of nitrogens with one attached hydrogen (secondary N) is 1. The predicted octanol–water partition coefficient (Wildman–Crippen LogP) is 2.97. The standard InChI is InChI=1S/C19H27FN4/c1-15(13-24-12-9-21-16(24)2)22-18-7-10-23(11-8-18)14-17-5-3-4-6-19(17)20/h3-6,9,12,15,18,22H,7-8,10-11,13-14H2,1-2H3. The van der Waals surface area contributed by atoms with E-state index in [2.05, 4.69) is 26.7 Å². The molecule has 0 spiro atoms. The van der Waals surface area contributed by atoms with E-state index in [4.69, 9.17) is 0 Å². The van der Waals surface area contributed by atoms with Crippen molar-refractivity contribution in [3.63, 3.8) is 0 Å². The van der Waals surface area contributed by atoms with Crippen molar-refractivity contribution in [3.8, 4) is 0 Å². The first kappa shape index (κ1) is 17.1. The zero-order valence-corrected chi connectivity index (χ0v) is 14.6. The van der Waals surface area contributed by atoms with Gasteiger partial charge in [-0.25, -0.2) is 9.37 Å². The highest BCUT2D eigenvalue weighted by Gasteiger charge is 2.21. The van der Waals surface area contributed by atoms with Crippen LogP contribution in [-0.2, 0) is 13.1 Å². The summed E-state index contributed by atoms with van der Waals surface area (Å²) in [6.45, 7) is 7.95. The highest BCUT2D eigenvalue weighted by molar-refractivity contribution is 5.17. The van der Waals surface area contributed by atoms with Crippen LogP contribution in [-0.4, -0.2) is 39.6 Å². The number of rotatable bonds is 6. The van der Waals surface area contributed by atoms with E-state index in [0.717, 1.165) is 43.9 Å². The van der Waals surface area contributed by atoms with Crippen molar-refractivity contribution in [3.05, 3.63) is 53.9 Å². The molecule has 2 aromatic rings. The van der Waals surface area contributed by atoms with E-state index in [9.17, 15) is 4.39 Å². The molecular formula is C19H27FN4. The fourth-order valence-electron chi connectivity index (χ4n) is 3.47. The van der Waals surface area contributed by atoms with Crippen LogP contribution in [0, 0.1) is 12.7 Å². The number of nitrogens with zero attached hydrogens (tertiary/aromatic N) is 3. The Hall–Kier alpha value is -1.72. The van der Waals surface area contributed by atoms with Gasteiger partial charge >= 0.3 is 0 Å². The maximum absolute atomic E-state index is 13.8. The Labute approximate surface area is 143 Å². The molecule has 1 aliphatic heterocycles. The van der Waals surface area contributed by atoms with E-state index < -0.39 is 0 Å². The van der Waals surface area contributed by atoms with E-state index in [1.807, 2.05) is 31.5 Å². The second-order valence-electron chi connectivity index (χ2n) is 6.84. The molecule has 1 aliphatic rings. The van der Waals surface area contributed by atoms with Crippen molar-refractivity contribution >= 4 is 0 Å². The molecule has 1 fully saturated rings. The van der Waals surface area contributed by atoms with Crippen LogP contribution >= 0.6 is 0 Å². The number of piperidine rings is 1. The zero-order valence-electron chi connectivity index (χ0n) is 14.6. The zero-order chi connectivity index (χ0) is 16.9. The number of halogens is 1. The summed E-state index contributed by atoms with van der Waals surface area (Å²) in [6, 6.07) is 8.05. The van der Waals surface area contributed by atoms with Gasteiger partial charge in [0.05, 0.1) is 0 Å². The normalized spacial score (nSPS) is 18.0. The quantitative estimate of drug-likeness (QED) is 0.884. The molecule has 24 heavy (non-hydrogen) atoms. The number of likely N-dealkylation sites (tertiary alicyclic amines) is 1. The first-order valence-electron chi connectivity index (χ1n) is 8.81. The van der Waals surface area contributed by atoms with Crippen molar-refractivity contribution in [2.75, 3.05) is 13.1 Å². The molecule has 1 unspecified atom stereocenters. The number of hydrogen-bond donors (Lipinski definition) is 1. The summed E-state index contributed by atoms with van der Waals surface area (Å²) < 4.78 is 15.9. The Kier molecular flexibility index (Phi) is 5.63. The van der Waals surface area contributed by atoms with Gasteiger partial charge in [-0.3, -0.25) is 4.90 Å². The fraction of sp³-hybridized carbons (Fsp3) is 0.526. The molecule has 1 N–H and O–H groups in total. The molecule has 1 atom stereocenters. The molecule has 4 nitrogen and oxygen atoms in total. The van der Waals surface area contributed by atoms with Crippen LogP contribution in [0.3, 0.4) is 0 Å². The molecule has 0 amide bonds. The van der Waals surface area contributed by atoms with E-state index >= 15 is 0 Å². The van der Waals surface area contributed by atoms with Gasteiger partial charge in [-0.05, 0) is 45.8 Å². The summed E-state index contributed by atoms with van der Waals surface area (Å²) >= 11 is 0. The highest BCUT2D eigenvalue weighted by atomic mass is 19.1. The van der Waals surface area contributed by atoms with E-state index in [1.54, 1.807) is 12.1 Å². The van der Waals surface area contributed by atoms with Gasteiger partial charge in [0.2, 0.25) is 0 Å². The minimum absolute atomic E-state index is 0.0953. The van der Waals surface area contributed by atoms with Gasteiger partial charge in [0.1, 0.15) is 11.6 Å². The Bertz CT molecular complexity index is 646. The predicted molar refractivity (Wildman–Crippen MR) is 94.3 cm³/mol. The Morgan fingerprint density at radius 3 is 2.71 bits per heavy atom. The van der Waals surface area contributed by atoms with Gasteiger partial charge in [-0.2, -0.15) is 0 Å². The second-order valence-corrected chi connectivity index (χ2v) is 6.84. The summed E-state index contributed by atoms with van der Waals surface area (Å²) in [5, 5.41) is 3.73. The van der Waals surface area contributed by atoms with Gasteiger partial charge in [-0.15, -0.1) is 0 Å². The van der Waals surface area contributed by atoms with E-state index in [-0.39, 0.29) is 5.82 Å². The lowest BCUT2D eigenvalue weighted by atomic mass is 10.0. The Morgan fingerprint density at radius 1 is 1.29 bits per heavy atom. The molecule has 1 aromatic carbocycles. The van der Waals surface area contributed by atoms with Crippen molar-refractivity contribution in [1.29, 1.82) is 0 Å². The van der Waals surface area contributed by atoms with Gasteiger partial charge in [0.15, 0.2) is 0 Å². The minimum Gasteiger partial charge on any atom is -0.334 e. The van der Waals surface area contributed by atoms with Gasteiger partial charge < -0.3 is 9.88 Å². The Morgan fingerprint density at radius 2 is 2.04 bits per heavy atom. The number of aromatic nitrogens is 2. The van der Waals surface area contributed by atoms with Crippen molar-refractivity contribution in [1.82, 2.24) is 19.8 Å². The Balaban J connectivity index is 1.43. The van der Waals surface area contributed by atoms with Crippen LogP contribution in [0.15, 0.2) is 36.7 Å². The third kappa shape index (κ3) is 4.42. The van der Waals surface area contributed by atoms with E-state index in [1.165, 1.54) is 0 Å². The summed E-state index contributed by atoms with van der Waals surface area (Å²) in [6.07, 6.45) is 6.11. The number of hydrogen-bond acceptors (Lipinski definition) is 3. The second kappa shape index (κ2) is 7.90. The molecular weight excluding hydrogens is 303 g/mol. The molecule has 0 saturated carbocycles. The number of benzene rings is 1. The monoisotopic (exact) mass is 330 g/mol. The maximum Gasteiger partial charge on any atom is 0.127 e. The van der Waals surface area contributed by atoms with Gasteiger partial charge in [0.25, 0.3) is 0 Å². The summed E-state index contributed by atoms with van der Waals surface area (Å²) in [5.41, 5.74) is 0.799. The molecule has 0 bridgehead atoms. The van der Waals surface area contributed by atoms with Crippen LogP contribution < -0.4 is 5.32 Å². The molecule has 1 aromatic heterocycles. The molecule has 0 radical (unpaired) electrons. The average Bonchev–Trinajstić information content (AvgIpc) is 2.96. The highest BCUT2D eigenvalue weighted by Crippen LogP contribution is 2.16. The lowest BCUT2D eigenvalue weighted by molar-refractivity contribution is 0.181. The lowest BCUT2D eigenvalue weighted by Gasteiger charge is -2.34. The largest absolute Gasteiger partial charge is 0.334 e. The molecule has 5 heteroatoms. The first-order valence-corrected chi connectivity index (χ1v) is 8.81. The molecule has 3 rings (SSSR count). The summed E-state index contributed by atoms with van der Waals surface area (Å²) in [5.74, 6) is 0.963. The number of imidazole rings is 1. The lowest BCUT2D eigenvalue weighted by Crippen LogP contribution is -2.46. The molecule has 2 heterocycles. The third-order valence-corrected chi connectivity index (χ3v) is 4.85. The molecule has 130 valence electrons. The molecule has 0 aliphatic carbocycles. The van der Waals surface area contributed by atoms with Gasteiger partial charge in [0, 0.05) is 43.1 Å². The SMILES string of the molecule is Cc1nccn1CC(C)NC1CCN(Cc2ccccc2F)CC1. The smallest absolute Gasteiger partial charge is 0.127 e. The summed E-state index contributed by atoms with van der Waals surface area (Å²) in [7, 11) is 0. The fourth-order valence-corrected chi connectivity index (χ4v) is 3.47. The van der Waals surface area contributed by atoms with Crippen LogP contribution in [0.1, 0.15) is 31.2 Å². The van der Waals surface area contributed by atoms with E-state index in [0.29, 0.717) is 18.6 Å². The summed E-state index contributed by atoms with van der Waals surface area (Å²) in [4.78, 5) is 6.62. The van der Waals surface area contributed by atoms with Gasteiger partial charge in [-0.1, -0.05) is 18.2 Å². The van der Waals surface area contributed by atoms with Crippen LogP contribution in [0.4, 0.5) is 4.39 Å². The van der Waals surface area contributed by atoms with Crippen molar-refractivity contribution < 1.29 is 4.39 Å². The minimum atomic E-state index is -0.0953. The molecule has 1 saturated heterocycles. The number of aryl methyl sites for hydroxylation is 1. The average molecular weight is 330 g/mol. The third-order valence-electron chi connectivity index (χ3n) is 4.85. The topological polar surface area (TPSA) is 33.1 Å². The van der Waals surface area contributed by atoms with Crippen LogP contribution in [0.5, 0.6) is 0 Å². The maximum atomic E-state index is 13.8. The first-order chi connectivity index (χ1) is 11.6. The van der Waals surface area contributed by atoms with Crippen LogP contribution in [0.25, 0.3) is 0 Å². The van der Waals surface area contributed by atoms with Crippen LogP contribution in [0.2, 0.25) is 0 Å². The van der Waals surface area contributed by atoms with Crippen molar-refractivity contribution in [2.45, 2.75) is 51.9 Å². The van der Waals surface area contributed by atoms with Crippen molar-refractivity contribution in [2.24, 2.45) is 0 Å².